The standard InChI is InChI=1S/C77H58N2/c1-5-22-54(23-6-1)63-35-19-24-56-25-20-37-68(75(56)63)66-33-15-17-40-72(66)78(61-47-42-53(43-48-61)57-46-51-67-65-32-14-18-41-73(65)79(74(67)52-57)60-30-11-4-12-31-60)62-49-44-55(45-50-62)64-36-21-39-71-76(64)69-34-13-16-38-70(69)77(71,58-26-7-2-8-27-58)59-28-9-3-10-29-59/h2-4,7-21,24-52,54H,1,5-6,22-23H2. The van der Waals surface area contributed by atoms with Gasteiger partial charge in [-0.15, -0.1) is 0 Å². The molecule has 0 atom stereocenters. The number of aromatic nitrogens is 1. The lowest BCUT2D eigenvalue weighted by molar-refractivity contribution is 0.445. The minimum absolute atomic E-state index is 0.471. The molecule has 0 unspecified atom stereocenters. The molecule has 2 nitrogen and oxygen atoms in total. The third-order valence-electron chi connectivity index (χ3n) is 17.5. The number of rotatable bonds is 10. The predicted octanol–water partition coefficient (Wildman–Crippen LogP) is 20.8. The molecule has 1 heterocycles. The summed E-state index contributed by atoms with van der Waals surface area (Å²) >= 11 is 0. The van der Waals surface area contributed by atoms with E-state index in [4.69, 9.17) is 0 Å². The van der Waals surface area contributed by atoms with Crippen molar-refractivity contribution in [1.29, 1.82) is 0 Å². The van der Waals surface area contributed by atoms with Crippen LogP contribution >= 0.6 is 0 Å². The highest BCUT2D eigenvalue weighted by atomic mass is 15.1. The molecule has 0 saturated heterocycles. The summed E-state index contributed by atoms with van der Waals surface area (Å²) in [5, 5.41) is 5.20. The molecule has 12 aromatic carbocycles. The molecule has 1 saturated carbocycles. The van der Waals surface area contributed by atoms with E-state index in [1.54, 1.807) is 0 Å². The van der Waals surface area contributed by atoms with Crippen LogP contribution in [0.4, 0.5) is 17.1 Å². The summed E-state index contributed by atoms with van der Waals surface area (Å²) < 4.78 is 2.41. The van der Waals surface area contributed by atoms with E-state index in [1.165, 1.54) is 137 Å². The van der Waals surface area contributed by atoms with Gasteiger partial charge in [-0.2, -0.15) is 0 Å². The molecule has 1 aromatic heterocycles. The Labute approximate surface area is 463 Å². The summed E-state index contributed by atoms with van der Waals surface area (Å²) in [5.41, 5.74) is 23.0. The highest BCUT2D eigenvalue weighted by molar-refractivity contribution is 6.10. The van der Waals surface area contributed by atoms with Crippen molar-refractivity contribution in [3.05, 3.63) is 313 Å². The van der Waals surface area contributed by atoms with Crippen LogP contribution in [-0.2, 0) is 5.41 Å². The third-order valence-corrected chi connectivity index (χ3v) is 17.5. The van der Waals surface area contributed by atoms with Crippen LogP contribution in [0.25, 0.3) is 82.8 Å². The number of benzene rings is 12. The zero-order valence-electron chi connectivity index (χ0n) is 44.1. The molecular weight excluding hydrogens is 953 g/mol. The first-order valence-electron chi connectivity index (χ1n) is 28.3. The number of fused-ring (bicyclic) bond motifs is 7. The predicted molar refractivity (Wildman–Crippen MR) is 332 cm³/mol. The molecule has 2 heteroatoms. The molecule has 1 fully saturated rings. The fourth-order valence-corrected chi connectivity index (χ4v) is 14.0. The van der Waals surface area contributed by atoms with Crippen molar-refractivity contribution < 1.29 is 0 Å². The molecule has 0 radical (unpaired) electrons. The fraction of sp³-hybridized carbons (Fsp3) is 0.0909. The van der Waals surface area contributed by atoms with E-state index < -0.39 is 5.41 Å². The molecule has 0 bridgehead atoms. The molecule has 79 heavy (non-hydrogen) atoms. The summed E-state index contributed by atoms with van der Waals surface area (Å²) in [6.07, 6.45) is 6.42. The summed E-state index contributed by atoms with van der Waals surface area (Å²) in [4.78, 5) is 2.49. The largest absolute Gasteiger partial charge is 0.310 e. The van der Waals surface area contributed by atoms with Crippen LogP contribution in [0.15, 0.2) is 285 Å². The van der Waals surface area contributed by atoms with E-state index >= 15 is 0 Å². The van der Waals surface area contributed by atoms with Gasteiger partial charge in [-0.3, -0.25) is 0 Å². The number of anilines is 3. The molecule has 0 amide bonds. The molecule has 0 spiro atoms. The lowest BCUT2D eigenvalue weighted by Gasteiger charge is -2.34. The van der Waals surface area contributed by atoms with Gasteiger partial charge in [0.05, 0.1) is 22.1 Å². The minimum atomic E-state index is -0.471. The van der Waals surface area contributed by atoms with Crippen molar-refractivity contribution in [2.45, 2.75) is 43.4 Å². The third kappa shape index (κ3) is 7.69. The Hall–Kier alpha value is -9.50. The Morgan fingerprint density at radius 3 is 1.65 bits per heavy atom. The zero-order chi connectivity index (χ0) is 52.3. The van der Waals surface area contributed by atoms with Crippen LogP contribution in [0.1, 0.15) is 65.8 Å². The second kappa shape index (κ2) is 19.5. The van der Waals surface area contributed by atoms with Crippen LogP contribution in [0, 0.1) is 0 Å². The van der Waals surface area contributed by atoms with Gasteiger partial charge < -0.3 is 9.47 Å². The Balaban J connectivity index is 0.887. The van der Waals surface area contributed by atoms with Gasteiger partial charge >= 0.3 is 0 Å². The second-order valence-corrected chi connectivity index (χ2v) is 21.7. The Bertz CT molecular complexity index is 4330. The molecular formula is C77H58N2. The monoisotopic (exact) mass is 1010 g/mol. The number of hydrogen-bond donors (Lipinski definition) is 0. The summed E-state index contributed by atoms with van der Waals surface area (Å²) in [5.74, 6) is 0.562. The summed E-state index contributed by atoms with van der Waals surface area (Å²) in [7, 11) is 0. The average Bonchev–Trinajstić information content (AvgIpc) is 4.24. The second-order valence-electron chi connectivity index (χ2n) is 21.7. The SMILES string of the molecule is c1ccc(-n2c3ccccc3c3ccc(-c4ccc(N(c5ccc(-c6cccc7c6-c6ccccc6C7(c6ccccc6)c6ccccc6)cc5)c5ccccc5-c5cccc6cccc(C7CCCCC7)c56)cc4)cc32)cc1. The van der Waals surface area contributed by atoms with E-state index in [0.717, 1.165) is 22.7 Å². The fourth-order valence-electron chi connectivity index (χ4n) is 14.0. The quantitative estimate of drug-likeness (QED) is 0.133. The Morgan fingerprint density at radius 1 is 0.367 bits per heavy atom. The average molecular weight is 1010 g/mol. The van der Waals surface area contributed by atoms with E-state index in [1.807, 2.05) is 0 Å². The van der Waals surface area contributed by atoms with Gasteiger partial charge in [-0.1, -0.05) is 250 Å². The minimum Gasteiger partial charge on any atom is -0.310 e. The molecule has 376 valence electrons. The normalized spacial score (nSPS) is 13.9. The van der Waals surface area contributed by atoms with Crippen molar-refractivity contribution in [1.82, 2.24) is 4.57 Å². The maximum Gasteiger partial charge on any atom is 0.0713 e. The molecule has 0 aliphatic heterocycles. The molecule has 2 aliphatic carbocycles. The Morgan fingerprint density at radius 2 is 0.911 bits per heavy atom. The lowest BCUT2D eigenvalue weighted by atomic mass is 9.67. The van der Waals surface area contributed by atoms with Gasteiger partial charge in [0.2, 0.25) is 0 Å². The van der Waals surface area contributed by atoms with E-state index in [9.17, 15) is 0 Å². The maximum absolute atomic E-state index is 2.49. The lowest BCUT2D eigenvalue weighted by Crippen LogP contribution is -2.28. The number of para-hydroxylation sites is 3. The highest BCUT2D eigenvalue weighted by Crippen LogP contribution is 2.58. The van der Waals surface area contributed by atoms with Crippen molar-refractivity contribution in [2.24, 2.45) is 0 Å². The first-order valence-corrected chi connectivity index (χ1v) is 28.3. The highest BCUT2D eigenvalue weighted by Gasteiger charge is 2.46. The maximum atomic E-state index is 2.49. The van der Waals surface area contributed by atoms with Gasteiger partial charge in [0.15, 0.2) is 0 Å². The topological polar surface area (TPSA) is 8.17 Å². The Kier molecular flexibility index (Phi) is 11.5. The van der Waals surface area contributed by atoms with Gasteiger partial charge in [0.1, 0.15) is 0 Å². The van der Waals surface area contributed by atoms with Gasteiger partial charge in [0.25, 0.3) is 0 Å². The van der Waals surface area contributed by atoms with Crippen LogP contribution in [0.2, 0.25) is 0 Å². The molecule has 15 rings (SSSR count). The summed E-state index contributed by atoms with van der Waals surface area (Å²) in [6, 6.07) is 106. The molecule has 2 aliphatic rings. The van der Waals surface area contributed by atoms with Crippen LogP contribution < -0.4 is 4.90 Å². The number of hydrogen-bond acceptors (Lipinski definition) is 1. The van der Waals surface area contributed by atoms with Crippen molar-refractivity contribution >= 4 is 49.6 Å². The molecule has 13 aromatic rings. The van der Waals surface area contributed by atoms with E-state index in [0.29, 0.717) is 5.92 Å². The van der Waals surface area contributed by atoms with Gasteiger partial charge in [-0.05, 0) is 151 Å². The molecule has 0 N–H and O–H groups in total. The first-order chi connectivity index (χ1) is 39.2. The van der Waals surface area contributed by atoms with Crippen molar-refractivity contribution in [3.63, 3.8) is 0 Å². The van der Waals surface area contributed by atoms with Crippen molar-refractivity contribution in [2.75, 3.05) is 4.90 Å². The van der Waals surface area contributed by atoms with Gasteiger partial charge in [0, 0.05) is 33.4 Å². The van der Waals surface area contributed by atoms with Crippen LogP contribution in [-0.4, -0.2) is 4.57 Å². The van der Waals surface area contributed by atoms with Crippen molar-refractivity contribution in [3.8, 4) is 50.2 Å². The van der Waals surface area contributed by atoms with Gasteiger partial charge in [-0.25, -0.2) is 0 Å². The smallest absolute Gasteiger partial charge is 0.0713 e. The summed E-state index contributed by atoms with van der Waals surface area (Å²) in [6.45, 7) is 0. The first kappa shape index (κ1) is 46.8. The zero-order valence-corrected chi connectivity index (χ0v) is 44.1. The van der Waals surface area contributed by atoms with E-state index in [2.05, 4.69) is 295 Å². The number of nitrogens with zero attached hydrogens (tertiary/aromatic N) is 2. The van der Waals surface area contributed by atoms with E-state index in [-0.39, 0.29) is 0 Å². The van der Waals surface area contributed by atoms with Crippen LogP contribution in [0.3, 0.4) is 0 Å². The van der Waals surface area contributed by atoms with Crippen LogP contribution in [0.5, 0.6) is 0 Å².